The molecule has 3 heterocycles. The van der Waals surface area contributed by atoms with Crippen LogP contribution >= 0.6 is 0 Å². The summed E-state index contributed by atoms with van der Waals surface area (Å²) in [5.74, 6) is 3.12. The van der Waals surface area contributed by atoms with Crippen LogP contribution in [-0.2, 0) is 0 Å². The van der Waals surface area contributed by atoms with Crippen LogP contribution in [0.25, 0.3) is 10.9 Å². The zero-order chi connectivity index (χ0) is 16.8. The Labute approximate surface area is 146 Å². The average Bonchev–Trinajstić information content (AvgIpc) is 3.22. The number of H-pyrrole nitrogens is 1. The molecule has 0 amide bonds. The molecular weight excluding hydrogens is 312 g/mol. The van der Waals surface area contributed by atoms with Gasteiger partial charge in [0.15, 0.2) is 5.82 Å². The molecule has 1 saturated heterocycles. The van der Waals surface area contributed by atoms with Gasteiger partial charge >= 0.3 is 0 Å². The molecule has 25 heavy (non-hydrogen) atoms. The number of aromatic nitrogens is 4. The number of anilines is 3. The van der Waals surface area contributed by atoms with Gasteiger partial charge in [-0.1, -0.05) is 12.1 Å². The molecule has 0 spiro atoms. The predicted molar refractivity (Wildman–Crippen MR) is 99.4 cm³/mol. The number of rotatable bonds is 4. The lowest BCUT2D eigenvalue weighted by Gasteiger charge is -2.22. The van der Waals surface area contributed by atoms with Gasteiger partial charge < -0.3 is 10.2 Å². The maximum absolute atomic E-state index is 4.85. The van der Waals surface area contributed by atoms with E-state index in [-0.39, 0.29) is 0 Å². The topological polar surface area (TPSA) is 69.7 Å². The van der Waals surface area contributed by atoms with Crippen molar-refractivity contribution in [1.82, 2.24) is 20.2 Å². The van der Waals surface area contributed by atoms with Crippen molar-refractivity contribution in [2.24, 2.45) is 0 Å². The zero-order valence-corrected chi connectivity index (χ0v) is 14.4. The molecule has 2 aromatic heterocycles. The number of para-hydroxylation sites is 1. The molecule has 1 saturated carbocycles. The summed E-state index contributed by atoms with van der Waals surface area (Å²) in [4.78, 5) is 12.0. The molecule has 1 aliphatic heterocycles. The molecule has 1 unspecified atom stereocenters. The molecule has 0 bridgehead atoms. The number of hydrogen-bond donors (Lipinski definition) is 2. The van der Waals surface area contributed by atoms with Crippen molar-refractivity contribution in [3.63, 3.8) is 0 Å². The highest BCUT2D eigenvalue weighted by molar-refractivity contribution is 5.91. The maximum atomic E-state index is 4.85. The zero-order valence-electron chi connectivity index (χ0n) is 14.4. The normalized spacial score (nSPS) is 20.4. The van der Waals surface area contributed by atoms with Crippen LogP contribution in [0.15, 0.2) is 30.3 Å². The predicted octanol–water partition coefficient (Wildman–Crippen LogP) is 3.96. The van der Waals surface area contributed by atoms with E-state index in [1.54, 1.807) is 0 Å². The van der Waals surface area contributed by atoms with Crippen molar-refractivity contribution in [3.05, 3.63) is 36.0 Å². The summed E-state index contributed by atoms with van der Waals surface area (Å²) >= 11 is 0. The molecular formula is C19H22N6. The van der Waals surface area contributed by atoms with E-state index < -0.39 is 0 Å². The molecule has 3 aromatic rings. The van der Waals surface area contributed by atoms with Crippen molar-refractivity contribution in [2.45, 2.75) is 44.6 Å². The van der Waals surface area contributed by atoms with E-state index in [0.29, 0.717) is 12.0 Å². The molecule has 5 rings (SSSR count). The van der Waals surface area contributed by atoms with Gasteiger partial charge in [-0.3, -0.25) is 5.10 Å². The molecule has 128 valence electrons. The van der Waals surface area contributed by atoms with E-state index in [9.17, 15) is 0 Å². The minimum atomic E-state index is 0.487. The minimum absolute atomic E-state index is 0.487. The van der Waals surface area contributed by atoms with Gasteiger partial charge in [-0.15, -0.1) is 0 Å². The second-order valence-corrected chi connectivity index (χ2v) is 7.18. The Morgan fingerprint density at radius 2 is 2.04 bits per heavy atom. The van der Waals surface area contributed by atoms with E-state index in [4.69, 9.17) is 9.97 Å². The lowest BCUT2D eigenvalue weighted by Crippen LogP contribution is -2.28. The highest BCUT2D eigenvalue weighted by Crippen LogP contribution is 2.40. The van der Waals surface area contributed by atoms with Crippen LogP contribution in [0, 0.1) is 0 Å². The molecule has 1 aliphatic carbocycles. The third-order valence-corrected chi connectivity index (χ3v) is 5.26. The monoisotopic (exact) mass is 334 g/mol. The van der Waals surface area contributed by atoms with E-state index in [0.717, 1.165) is 35.0 Å². The summed E-state index contributed by atoms with van der Waals surface area (Å²) in [6.45, 7) is 3.27. The number of nitrogens with one attached hydrogen (secondary N) is 2. The molecule has 2 fully saturated rings. The Morgan fingerprint density at radius 3 is 2.84 bits per heavy atom. The van der Waals surface area contributed by atoms with Crippen LogP contribution in [0.5, 0.6) is 0 Å². The number of fused-ring (bicyclic) bond motifs is 1. The molecule has 0 radical (unpaired) electrons. The summed E-state index contributed by atoms with van der Waals surface area (Å²) in [5.41, 5.74) is 2.18. The Kier molecular flexibility index (Phi) is 3.36. The molecule has 6 nitrogen and oxygen atoms in total. The third kappa shape index (κ3) is 2.71. The summed E-state index contributed by atoms with van der Waals surface area (Å²) in [5, 5.41) is 12.0. The fourth-order valence-corrected chi connectivity index (χ4v) is 3.64. The summed E-state index contributed by atoms with van der Waals surface area (Å²) in [7, 11) is 0. The third-order valence-electron chi connectivity index (χ3n) is 5.26. The van der Waals surface area contributed by atoms with Gasteiger partial charge in [-0.2, -0.15) is 10.1 Å². The molecule has 1 aromatic carbocycles. The lowest BCUT2D eigenvalue weighted by atomic mass is 10.2. The Hall–Kier alpha value is -2.63. The SMILES string of the molecule is CC1CCCN1c1nc(Nc2cc(C3CC3)[nH]n2)c2ccccc2n1. The van der Waals surface area contributed by atoms with Gasteiger partial charge in [-0.05, 0) is 44.7 Å². The van der Waals surface area contributed by atoms with Crippen LogP contribution in [0.3, 0.4) is 0 Å². The van der Waals surface area contributed by atoms with Crippen molar-refractivity contribution in [2.75, 3.05) is 16.8 Å². The van der Waals surface area contributed by atoms with E-state index in [1.165, 1.54) is 31.4 Å². The molecule has 6 heteroatoms. The molecule has 2 N–H and O–H groups in total. The number of hydrogen-bond acceptors (Lipinski definition) is 5. The first kappa shape index (κ1) is 14.7. The van der Waals surface area contributed by atoms with Gasteiger partial charge in [0.05, 0.1) is 5.52 Å². The van der Waals surface area contributed by atoms with Gasteiger partial charge in [0.25, 0.3) is 0 Å². The lowest BCUT2D eigenvalue weighted by molar-refractivity contribution is 0.719. The molecule has 1 atom stereocenters. The van der Waals surface area contributed by atoms with E-state index >= 15 is 0 Å². The van der Waals surface area contributed by atoms with Crippen LogP contribution in [0.1, 0.15) is 44.2 Å². The van der Waals surface area contributed by atoms with Crippen LogP contribution in [0.4, 0.5) is 17.6 Å². The van der Waals surface area contributed by atoms with Gasteiger partial charge in [0.2, 0.25) is 5.95 Å². The van der Waals surface area contributed by atoms with Crippen molar-refractivity contribution in [1.29, 1.82) is 0 Å². The molecule has 2 aliphatic rings. The van der Waals surface area contributed by atoms with E-state index in [2.05, 4.69) is 39.5 Å². The van der Waals surface area contributed by atoms with Crippen molar-refractivity contribution in [3.8, 4) is 0 Å². The summed E-state index contributed by atoms with van der Waals surface area (Å²) in [6, 6.07) is 10.7. The van der Waals surface area contributed by atoms with Crippen LogP contribution in [-0.4, -0.2) is 32.8 Å². The smallest absolute Gasteiger partial charge is 0.228 e. The Morgan fingerprint density at radius 1 is 1.16 bits per heavy atom. The Balaban J connectivity index is 1.54. The number of benzene rings is 1. The van der Waals surface area contributed by atoms with Crippen molar-refractivity contribution >= 4 is 28.5 Å². The number of nitrogens with zero attached hydrogens (tertiary/aromatic N) is 4. The van der Waals surface area contributed by atoms with Crippen molar-refractivity contribution < 1.29 is 0 Å². The van der Waals surface area contributed by atoms with Crippen LogP contribution in [0.2, 0.25) is 0 Å². The standard InChI is InChI=1S/C19H22N6/c1-12-5-4-10-25(12)19-20-15-7-3-2-6-14(15)18(22-19)21-17-11-16(23-24-17)13-8-9-13/h2-3,6-7,11-13H,4-5,8-10H2,1H3,(H2,20,21,22,23,24). The quantitative estimate of drug-likeness (QED) is 0.756. The second kappa shape index (κ2) is 5.72. The summed E-state index contributed by atoms with van der Waals surface area (Å²) in [6.07, 6.45) is 4.91. The first-order valence-electron chi connectivity index (χ1n) is 9.14. The number of aromatic amines is 1. The largest absolute Gasteiger partial charge is 0.338 e. The minimum Gasteiger partial charge on any atom is -0.338 e. The van der Waals surface area contributed by atoms with Gasteiger partial charge in [0.1, 0.15) is 5.82 Å². The summed E-state index contributed by atoms with van der Waals surface area (Å²) < 4.78 is 0. The van der Waals surface area contributed by atoms with Gasteiger partial charge in [-0.25, -0.2) is 4.98 Å². The fourth-order valence-electron chi connectivity index (χ4n) is 3.64. The first-order valence-corrected chi connectivity index (χ1v) is 9.14. The van der Waals surface area contributed by atoms with Gasteiger partial charge in [0, 0.05) is 35.7 Å². The highest BCUT2D eigenvalue weighted by Gasteiger charge is 2.26. The average molecular weight is 334 g/mol. The second-order valence-electron chi connectivity index (χ2n) is 7.18. The van der Waals surface area contributed by atoms with E-state index in [1.807, 2.05) is 18.2 Å². The maximum Gasteiger partial charge on any atom is 0.228 e. The highest BCUT2D eigenvalue weighted by atomic mass is 15.3. The Bertz CT molecular complexity index is 913. The first-order chi connectivity index (χ1) is 12.3. The van der Waals surface area contributed by atoms with Crippen LogP contribution < -0.4 is 10.2 Å². The fraction of sp³-hybridized carbons (Fsp3) is 0.421.